The minimum Gasteiger partial charge on any atom is -0.439 e. The third-order valence-electron chi connectivity index (χ3n) is 3.61. The summed E-state index contributed by atoms with van der Waals surface area (Å²) in [6, 6.07) is 8.91. The number of rotatable bonds is 9. The molecule has 2 heterocycles. The van der Waals surface area contributed by atoms with E-state index in [9.17, 15) is 8.42 Å². The van der Waals surface area contributed by atoms with Gasteiger partial charge < -0.3 is 10.1 Å². The Morgan fingerprint density at radius 2 is 1.79 bits per heavy atom. The largest absolute Gasteiger partial charge is 0.439 e. The van der Waals surface area contributed by atoms with Gasteiger partial charge in [-0.25, -0.2) is 29.8 Å². The summed E-state index contributed by atoms with van der Waals surface area (Å²) in [6.45, 7) is 0.606. The zero-order chi connectivity index (χ0) is 20.7. The first-order valence-corrected chi connectivity index (χ1v) is 10.4. The number of halogens is 1. The molecule has 0 saturated heterocycles. The van der Waals surface area contributed by atoms with Crippen LogP contribution in [-0.4, -0.2) is 34.9 Å². The maximum Gasteiger partial charge on any atom is 0.274 e. The van der Waals surface area contributed by atoms with E-state index in [2.05, 4.69) is 30.0 Å². The van der Waals surface area contributed by atoms with Crippen molar-refractivity contribution in [1.82, 2.24) is 24.7 Å². The second-order valence-electron chi connectivity index (χ2n) is 5.86. The van der Waals surface area contributed by atoms with Crippen LogP contribution in [0.25, 0.3) is 0 Å². The fourth-order valence-electron chi connectivity index (χ4n) is 2.29. The number of aromatic nitrogens is 4. The number of nitrogens with one attached hydrogen (secondary N) is 2. The molecular weight excluding hydrogens is 418 g/mol. The standard InChI is InChI=1S/C17H18ClN7O3S/c18-13-8-20-17(21-9-13)22-10-14-7-16(24-11-23-14)28-15-3-1-12(2-4-15)5-6-25-29(19,26)27/h1-4,7-9,11,25H,5-6,10H2,(H2,19,26,27)(H,20,21,22). The first kappa shape index (κ1) is 20.9. The van der Waals surface area contributed by atoms with Gasteiger partial charge in [0.25, 0.3) is 10.2 Å². The third kappa shape index (κ3) is 7.23. The molecule has 0 unspecified atom stereocenters. The van der Waals surface area contributed by atoms with E-state index >= 15 is 0 Å². The van der Waals surface area contributed by atoms with E-state index in [0.29, 0.717) is 41.3 Å². The number of benzene rings is 1. The van der Waals surface area contributed by atoms with Crippen molar-refractivity contribution in [3.05, 3.63) is 65.3 Å². The van der Waals surface area contributed by atoms with Crippen molar-refractivity contribution in [3.8, 4) is 11.6 Å². The molecule has 29 heavy (non-hydrogen) atoms. The number of ether oxygens (including phenoxy) is 1. The van der Waals surface area contributed by atoms with E-state index in [4.69, 9.17) is 21.5 Å². The maximum atomic E-state index is 10.9. The van der Waals surface area contributed by atoms with Crippen LogP contribution < -0.4 is 19.9 Å². The van der Waals surface area contributed by atoms with Crippen molar-refractivity contribution >= 4 is 27.8 Å². The molecule has 0 aliphatic heterocycles. The van der Waals surface area contributed by atoms with E-state index in [-0.39, 0.29) is 6.54 Å². The van der Waals surface area contributed by atoms with Gasteiger partial charge in [0.1, 0.15) is 12.1 Å². The summed E-state index contributed by atoms with van der Waals surface area (Å²) in [5.41, 5.74) is 1.63. The third-order valence-corrected chi connectivity index (χ3v) is 4.41. The van der Waals surface area contributed by atoms with Crippen LogP contribution in [-0.2, 0) is 23.2 Å². The fourth-order valence-corrected chi connectivity index (χ4v) is 2.77. The number of nitrogens with zero attached hydrogens (tertiary/aromatic N) is 4. The summed E-state index contributed by atoms with van der Waals surface area (Å²) >= 11 is 5.76. The molecule has 0 aliphatic carbocycles. The Morgan fingerprint density at radius 1 is 1.07 bits per heavy atom. The smallest absolute Gasteiger partial charge is 0.274 e. The van der Waals surface area contributed by atoms with Gasteiger partial charge in [0.2, 0.25) is 11.8 Å². The van der Waals surface area contributed by atoms with Crippen molar-refractivity contribution in [2.24, 2.45) is 5.14 Å². The van der Waals surface area contributed by atoms with Gasteiger partial charge in [0.15, 0.2) is 0 Å². The van der Waals surface area contributed by atoms with Gasteiger partial charge in [-0.2, -0.15) is 8.42 Å². The van der Waals surface area contributed by atoms with Crippen LogP contribution in [0.2, 0.25) is 5.02 Å². The molecule has 0 amide bonds. The van der Waals surface area contributed by atoms with Crippen molar-refractivity contribution in [2.75, 3.05) is 11.9 Å². The van der Waals surface area contributed by atoms with Gasteiger partial charge >= 0.3 is 0 Å². The van der Waals surface area contributed by atoms with Crippen LogP contribution in [0.15, 0.2) is 49.1 Å². The first-order valence-electron chi connectivity index (χ1n) is 8.44. The van der Waals surface area contributed by atoms with Crippen molar-refractivity contribution in [2.45, 2.75) is 13.0 Å². The van der Waals surface area contributed by atoms with Gasteiger partial charge in [-0.05, 0) is 24.1 Å². The SMILES string of the molecule is NS(=O)(=O)NCCc1ccc(Oc2cc(CNc3ncc(Cl)cn3)ncn2)cc1. The highest BCUT2D eigenvalue weighted by atomic mass is 35.5. The van der Waals surface area contributed by atoms with Gasteiger partial charge in [-0.1, -0.05) is 23.7 Å². The van der Waals surface area contributed by atoms with Crippen LogP contribution >= 0.6 is 11.6 Å². The van der Waals surface area contributed by atoms with Crippen molar-refractivity contribution in [1.29, 1.82) is 0 Å². The minimum atomic E-state index is -3.68. The van der Waals surface area contributed by atoms with Gasteiger partial charge in [0, 0.05) is 12.6 Å². The van der Waals surface area contributed by atoms with Crippen LogP contribution in [0.1, 0.15) is 11.3 Å². The van der Waals surface area contributed by atoms with Gasteiger partial charge in [-0.15, -0.1) is 0 Å². The minimum absolute atomic E-state index is 0.221. The molecule has 0 bridgehead atoms. The molecule has 0 aliphatic rings. The van der Waals surface area contributed by atoms with E-state index in [1.807, 2.05) is 12.1 Å². The highest BCUT2D eigenvalue weighted by molar-refractivity contribution is 7.87. The Hall–Kier alpha value is -2.86. The Bertz CT molecular complexity index is 1050. The molecule has 152 valence electrons. The van der Waals surface area contributed by atoms with E-state index in [1.165, 1.54) is 18.7 Å². The number of nitrogens with two attached hydrogens (primary N) is 1. The molecule has 0 atom stereocenters. The van der Waals surface area contributed by atoms with Crippen LogP contribution in [0.5, 0.6) is 11.6 Å². The molecular formula is C17H18ClN7O3S. The zero-order valence-electron chi connectivity index (χ0n) is 15.1. The van der Waals surface area contributed by atoms with E-state index in [1.54, 1.807) is 18.2 Å². The lowest BCUT2D eigenvalue weighted by Gasteiger charge is -2.08. The number of hydrogen-bond donors (Lipinski definition) is 3. The normalized spacial score (nSPS) is 11.2. The van der Waals surface area contributed by atoms with Crippen molar-refractivity contribution in [3.63, 3.8) is 0 Å². The summed E-state index contributed by atoms with van der Waals surface area (Å²) in [5.74, 6) is 1.41. The second kappa shape index (κ2) is 9.56. The highest BCUT2D eigenvalue weighted by Gasteiger charge is 2.05. The molecule has 3 aromatic rings. The summed E-state index contributed by atoms with van der Waals surface area (Å²) in [4.78, 5) is 16.4. The molecule has 0 fully saturated rings. The van der Waals surface area contributed by atoms with Crippen molar-refractivity contribution < 1.29 is 13.2 Å². The average molecular weight is 436 g/mol. The Balaban J connectivity index is 1.54. The number of hydrogen-bond acceptors (Lipinski definition) is 8. The first-order chi connectivity index (χ1) is 13.9. The van der Waals surface area contributed by atoms with Gasteiger partial charge in [-0.3, -0.25) is 0 Å². The summed E-state index contributed by atoms with van der Waals surface area (Å²) in [6.07, 6.45) is 4.91. The lowest BCUT2D eigenvalue weighted by molar-refractivity contribution is 0.460. The molecule has 0 radical (unpaired) electrons. The molecule has 2 aromatic heterocycles. The monoisotopic (exact) mass is 435 g/mol. The lowest BCUT2D eigenvalue weighted by atomic mass is 10.1. The molecule has 3 rings (SSSR count). The summed E-state index contributed by atoms with van der Waals surface area (Å²) in [7, 11) is -3.68. The molecule has 12 heteroatoms. The molecule has 1 aromatic carbocycles. The van der Waals surface area contributed by atoms with Crippen LogP contribution in [0, 0.1) is 0 Å². The number of anilines is 1. The average Bonchev–Trinajstić information content (AvgIpc) is 2.68. The Labute approximate surface area is 172 Å². The molecule has 0 spiro atoms. The Kier molecular flexibility index (Phi) is 6.88. The van der Waals surface area contributed by atoms with Gasteiger partial charge in [0.05, 0.1) is 29.7 Å². The predicted octanol–water partition coefficient (Wildman–Crippen LogP) is 1.66. The fraction of sp³-hybridized carbons (Fsp3) is 0.176. The molecule has 4 N–H and O–H groups in total. The summed E-state index contributed by atoms with van der Waals surface area (Å²) < 4.78 is 29.7. The van der Waals surface area contributed by atoms with Crippen LogP contribution in [0.4, 0.5) is 5.95 Å². The Morgan fingerprint density at radius 3 is 2.48 bits per heavy atom. The maximum absolute atomic E-state index is 10.9. The predicted molar refractivity (Wildman–Crippen MR) is 108 cm³/mol. The summed E-state index contributed by atoms with van der Waals surface area (Å²) in [5, 5.41) is 8.39. The van der Waals surface area contributed by atoms with E-state index in [0.717, 1.165) is 5.56 Å². The topological polar surface area (TPSA) is 145 Å². The highest BCUT2D eigenvalue weighted by Crippen LogP contribution is 2.20. The van der Waals surface area contributed by atoms with Crippen LogP contribution in [0.3, 0.4) is 0 Å². The molecule has 10 nitrogen and oxygen atoms in total. The quantitative estimate of drug-likeness (QED) is 0.460. The van der Waals surface area contributed by atoms with E-state index < -0.39 is 10.2 Å². The second-order valence-corrected chi connectivity index (χ2v) is 7.68. The zero-order valence-corrected chi connectivity index (χ0v) is 16.7. The molecule has 0 saturated carbocycles. The lowest BCUT2D eigenvalue weighted by Crippen LogP contribution is -2.32.